The lowest BCUT2D eigenvalue weighted by Gasteiger charge is -2.00. The second kappa shape index (κ2) is 5.25. The molecule has 0 aliphatic rings. The Morgan fingerprint density at radius 1 is 1.58 bits per heavy atom. The fraction of sp³-hybridized carbons (Fsp3) is 0.182. The third kappa shape index (κ3) is 2.57. The lowest BCUT2D eigenvalue weighted by atomic mass is 10.3. The number of hydrogen-bond acceptors (Lipinski definition) is 6. The average molecular weight is 262 g/mol. The molecule has 8 nitrogen and oxygen atoms in total. The van der Waals surface area contributed by atoms with Crippen LogP contribution in [0.2, 0.25) is 0 Å². The molecular formula is C11H10N4O4. The molecule has 0 aliphatic heterocycles. The molecule has 0 saturated heterocycles. The van der Waals surface area contributed by atoms with Crippen molar-refractivity contribution in [3.8, 4) is 5.82 Å². The van der Waals surface area contributed by atoms with Crippen LogP contribution in [0.25, 0.3) is 5.82 Å². The lowest BCUT2D eigenvalue weighted by Crippen LogP contribution is -2.04. The molecule has 0 aromatic carbocycles. The van der Waals surface area contributed by atoms with Gasteiger partial charge in [-0.1, -0.05) is 0 Å². The highest BCUT2D eigenvalue weighted by Crippen LogP contribution is 2.19. The number of ether oxygens (including phenoxy) is 1. The summed E-state index contributed by atoms with van der Waals surface area (Å²) in [7, 11) is 0. The fourth-order valence-electron chi connectivity index (χ4n) is 1.47. The van der Waals surface area contributed by atoms with Crippen molar-refractivity contribution < 1.29 is 14.5 Å². The van der Waals surface area contributed by atoms with E-state index >= 15 is 0 Å². The number of carbonyl (C=O) groups is 1. The van der Waals surface area contributed by atoms with Gasteiger partial charge in [-0.15, -0.1) is 0 Å². The zero-order valence-electron chi connectivity index (χ0n) is 10.0. The first-order valence-corrected chi connectivity index (χ1v) is 5.45. The van der Waals surface area contributed by atoms with Gasteiger partial charge in [-0.05, 0) is 13.0 Å². The number of aromatic nitrogens is 3. The minimum absolute atomic E-state index is 0.0445. The van der Waals surface area contributed by atoms with E-state index in [0.717, 1.165) is 0 Å². The van der Waals surface area contributed by atoms with Gasteiger partial charge in [0.05, 0.1) is 23.3 Å². The molecule has 8 heteroatoms. The SMILES string of the molecule is CCOC(=O)c1cnn(-c2ncccc2[N+](=O)[O-])c1. The van der Waals surface area contributed by atoms with E-state index in [9.17, 15) is 14.9 Å². The van der Waals surface area contributed by atoms with Crippen LogP contribution in [-0.4, -0.2) is 32.3 Å². The summed E-state index contributed by atoms with van der Waals surface area (Å²) in [4.78, 5) is 25.7. The number of esters is 1. The van der Waals surface area contributed by atoms with Crippen LogP contribution >= 0.6 is 0 Å². The van der Waals surface area contributed by atoms with E-state index in [2.05, 4.69) is 10.1 Å². The molecular weight excluding hydrogens is 252 g/mol. The van der Waals surface area contributed by atoms with Crippen molar-refractivity contribution in [2.45, 2.75) is 6.92 Å². The third-order valence-electron chi connectivity index (χ3n) is 2.27. The highest BCUT2D eigenvalue weighted by molar-refractivity contribution is 5.88. The minimum Gasteiger partial charge on any atom is -0.462 e. The Morgan fingerprint density at radius 2 is 2.37 bits per heavy atom. The molecule has 2 aromatic rings. The Labute approximate surface area is 107 Å². The number of rotatable bonds is 4. The quantitative estimate of drug-likeness (QED) is 0.468. The molecule has 0 aliphatic carbocycles. The summed E-state index contributed by atoms with van der Waals surface area (Å²) in [5.74, 6) is -0.490. The van der Waals surface area contributed by atoms with Gasteiger partial charge in [0, 0.05) is 18.5 Å². The first kappa shape index (κ1) is 12.7. The van der Waals surface area contributed by atoms with E-state index in [1.54, 1.807) is 6.92 Å². The van der Waals surface area contributed by atoms with Crippen LogP contribution in [0, 0.1) is 10.1 Å². The highest BCUT2D eigenvalue weighted by Gasteiger charge is 2.18. The maximum absolute atomic E-state index is 11.5. The standard InChI is InChI=1S/C11H10N4O4/c1-2-19-11(16)8-6-13-14(7-8)10-9(15(17)18)4-3-5-12-10/h3-7H,2H2,1H3. The van der Waals surface area contributed by atoms with Crippen LogP contribution in [0.1, 0.15) is 17.3 Å². The second-order valence-electron chi connectivity index (χ2n) is 3.50. The monoisotopic (exact) mass is 262 g/mol. The maximum Gasteiger partial charge on any atom is 0.341 e. The van der Waals surface area contributed by atoms with Crippen molar-refractivity contribution >= 4 is 11.7 Å². The molecule has 98 valence electrons. The summed E-state index contributed by atoms with van der Waals surface area (Å²) in [6.45, 7) is 1.93. The summed E-state index contributed by atoms with van der Waals surface area (Å²) in [5.41, 5.74) is 0.0165. The predicted octanol–water partition coefficient (Wildman–Crippen LogP) is 1.35. The first-order valence-electron chi connectivity index (χ1n) is 5.45. The zero-order chi connectivity index (χ0) is 13.8. The Kier molecular flexibility index (Phi) is 3.51. The largest absolute Gasteiger partial charge is 0.462 e. The van der Waals surface area contributed by atoms with Crippen molar-refractivity contribution in [2.75, 3.05) is 6.61 Å². The molecule has 0 fully saturated rings. The molecule has 0 atom stereocenters. The van der Waals surface area contributed by atoms with Crippen LogP contribution < -0.4 is 0 Å². The molecule has 0 N–H and O–H groups in total. The second-order valence-corrected chi connectivity index (χ2v) is 3.50. The van der Waals surface area contributed by atoms with E-state index in [0.29, 0.717) is 0 Å². The Bertz CT molecular complexity index is 623. The molecule has 0 saturated carbocycles. The highest BCUT2D eigenvalue weighted by atomic mass is 16.6. The minimum atomic E-state index is -0.561. The summed E-state index contributed by atoms with van der Waals surface area (Å²) in [5, 5.41) is 14.8. The number of nitro groups is 1. The van der Waals surface area contributed by atoms with Gasteiger partial charge in [0.2, 0.25) is 5.82 Å². The van der Waals surface area contributed by atoms with Crippen molar-refractivity contribution in [3.05, 3.63) is 46.4 Å². The molecule has 0 bridgehead atoms. The van der Waals surface area contributed by atoms with Gasteiger partial charge in [-0.25, -0.2) is 14.5 Å². The topological polar surface area (TPSA) is 100 Å². The maximum atomic E-state index is 11.5. The van der Waals surface area contributed by atoms with Gasteiger partial charge in [0.1, 0.15) is 0 Å². The molecule has 0 unspecified atom stereocenters. The lowest BCUT2D eigenvalue weighted by molar-refractivity contribution is -0.384. The van der Waals surface area contributed by atoms with E-state index in [1.807, 2.05) is 0 Å². The van der Waals surface area contributed by atoms with E-state index in [4.69, 9.17) is 4.74 Å². The van der Waals surface area contributed by atoms with Crippen molar-refractivity contribution in [3.63, 3.8) is 0 Å². The van der Waals surface area contributed by atoms with Crippen LogP contribution in [0.15, 0.2) is 30.7 Å². The average Bonchev–Trinajstić information content (AvgIpc) is 2.88. The molecule has 2 aromatic heterocycles. The summed E-state index contributed by atoms with van der Waals surface area (Å²) >= 11 is 0. The smallest absolute Gasteiger partial charge is 0.341 e. The number of pyridine rings is 1. The van der Waals surface area contributed by atoms with Gasteiger partial charge in [0.25, 0.3) is 0 Å². The summed E-state index contributed by atoms with van der Waals surface area (Å²) in [6, 6.07) is 2.77. The van der Waals surface area contributed by atoms with Crippen LogP contribution in [0.4, 0.5) is 5.69 Å². The van der Waals surface area contributed by atoms with Crippen molar-refractivity contribution in [1.82, 2.24) is 14.8 Å². The molecule has 2 rings (SSSR count). The first-order chi connectivity index (χ1) is 9.13. The zero-order valence-corrected chi connectivity index (χ0v) is 10.0. The molecule has 19 heavy (non-hydrogen) atoms. The van der Waals surface area contributed by atoms with E-state index in [-0.39, 0.29) is 23.7 Å². The molecule has 0 spiro atoms. The predicted molar refractivity (Wildman–Crippen MR) is 64.0 cm³/mol. The Hall–Kier alpha value is -2.77. The Morgan fingerprint density at radius 3 is 3.05 bits per heavy atom. The Balaban J connectivity index is 2.38. The van der Waals surface area contributed by atoms with Crippen LogP contribution in [0.3, 0.4) is 0 Å². The van der Waals surface area contributed by atoms with Gasteiger partial charge >= 0.3 is 11.7 Å². The van der Waals surface area contributed by atoms with Gasteiger partial charge in [-0.3, -0.25) is 10.1 Å². The molecule has 2 heterocycles. The summed E-state index contributed by atoms with van der Waals surface area (Å²) < 4.78 is 5.98. The number of hydrogen-bond donors (Lipinski definition) is 0. The van der Waals surface area contributed by atoms with E-state index in [1.165, 1.54) is 35.4 Å². The van der Waals surface area contributed by atoms with Crippen LogP contribution in [-0.2, 0) is 4.74 Å². The van der Waals surface area contributed by atoms with Gasteiger partial charge in [-0.2, -0.15) is 5.10 Å². The number of nitrogens with zero attached hydrogens (tertiary/aromatic N) is 4. The van der Waals surface area contributed by atoms with Crippen molar-refractivity contribution in [2.24, 2.45) is 0 Å². The van der Waals surface area contributed by atoms with Gasteiger partial charge in [0.15, 0.2) is 0 Å². The number of carbonyl (C=O) groups excluding carboxylic acids is 1. The van der Waals surface area contributed by atoms with Gasteiger partial charge < -0.3 is 4.74 Å². The van der Waals surface area contributed by atoms with Crippen molar-refractivity contribution in [1.29, 1.82) is 0 Å². The molecule has 0 radical (unpaired) electrons. The normalized spacial score (nSPS) is 10.2. The summed E-state index contributed by atoms with van der Waals surface area (Å²) in [6.07, 6.45) is 4.03. The van der Waals surface area contributed by atoms with Crippen LogP contribution in [0.5, 0.6) is 0 Å². The third-order valence-corrected chi connectivity index (χ3v) is 2.27. The fourth-order valence-corrected chi connectivity index (χ4v) is 1.47. The molecule has 0 amide bonds. The van der Waals surface area contributed by atoms with E-state index < -0.39 is 10.9 Å².